The minimum Gasteiger partial charge on any atom is -0.471 e. The Morgan fingerprint density at radius 1 is 1.15 bits per heavy atom. The van der Waals surface area contributed by atoms with Crippen molar-refractivity contribution >= 4 is 23.2 Å². The number of nitrogens with zero attached hydrogens (tertiary/aromatic N) is 2. The maximum absolute atomic E-state index is 11.3. The molecule has 0 atom stereocenters. The van der Waals surface area contributed by atoms with Gasteiger partial charge in [-0.15, -0.1) is 0 Å². The molecule has 2 aromatic heterocycles. The van der Waals surface area contributed by atoms with E-state index < -0.39 is 0 Å². The molecule has 0 bridgehead atoms. The summed E-state index contributed by atoms with van der Waals surface area (Å²) in [7, 11) is 3.08. The topological polar surface area (TPSA) is 109 Å². The van der Waals surface area contributed by atoms with Gasteiger partial charge in [0.15, 0.2) is 0 Å². The third-order valence-electron chi connectivity index (χ3n) is 4.18. The number of aromatic amines is 1. The van der Waals surface area contributed by atoms with Crippen LogP contribution in [0.15, 0.2) is 42.9 Å². The Bertz CT molecular complexity index is 927. The zero-order valence-corrected chi connectivity index (χ0v) is 19.5. The van der Waals surface area contributed by atoms with E-state index in [1.807, 2.05) is 18.5 Å². The van der Waals surface area contributed by atoms with Crippen molar-refractivity contribution in [2.24, 2.45) is 0 Å². The zero-order valence-electron chi connectivity index (χ0n) is 19.5. The van der Waals surface area contributed by atoms with Gasteiger partial charge >= 0.3 is 0 Å². The van der Waals surface area contributed by atoms with Gasteiger partial charge in [0.25, 0.3) is 6.47 Å². The summed E-state index contributed by atoms with van der Waals surface area (Å²) < 4.78 is 3.86. The van der Waals surface area contributed by atoms with Crippen LogP contribution in [-0.2, 0) is 20.7 Å². The Hall–Kier alpha value is -3.26. The molecule has 3 rings (SSSR count). The van der Waals surface area contributed by atoms with Crippen LogP contribution in [0.3, 0.4) is 0 Å². The molecule has 182 valence electrons. The van der Waals surface area contributed by atoms with Gasteiger partial charge < -0.3 is 20.4 Å². The Kier molecular flexibility index (Phi) is 16.5. The van der Waals surface area contributed by atoms with Gasteiger partial charge in [-0.05, 0) is 37.4 Å². The predicted molar refractivity (Wildman–Crippen MR) is 135 cm³/mol. The highest BCUT2D eigenvalue weighted by Crippen LogP contribution is 2.22. The van der Waals surface area contributed by atoms with Crippen molar-refractivity contribution in [3.05, 3.63) is 48.7 Å². The largest absolute Gasteiger partial charge is 0.471 e. The third kappa shape index (κ3) is 11.8. The number of likely N-dealkylation sites (N-methyl/N-ethyl adjacent to an activating group) is 1. The lowest BCUT2D eigenvalue weighted by Crippen LogP contribution is -2.32. The molecule has 8 heteroatoms. The van der Waals surface area contributed by atoms with Crippen LogP contribution in [0.1, 0.15) is 46.4 Å². The number of hydrogen-bond acceptors (Lipinski definition) is 6. The highest BCUT2D eigenvalue weighted by atomic mass is 16.5. The van der Waals surface area contributed by atoms with E-state index in [9.17, 15) is 4.79 Å². The number of aryl methyl sites for hydroxylation is 1. The summed E-state index contributed by atoms with van der Waals surface area (Å²) in [5.74, 6) is 1.01. The van der Waals surface area contributed by atoms with Gasteiger partial charge in [-0.1, -0.05) is 39.8 Å². The zero-order chi connectivity index (χ0) is 23.6. The van der Waals surface area contributed by atoms with Crippen LogP contribution >= 0.6 is 0 Å². The first kappa shape index (κ1) is 29.7. The molecule has 0 aliphatic carbocycles. The first-order chi connectivity index (χ1) is 15.6. The quantitative estimate of drug-likeness (QED) is 0.329. The minimum atomic E-state index is 0. The predicted octanol–water partition coefficient (Wildman–Crippen LogP) is 4.12. The average Bonchev–Trinajstić information content (AvgIpc) is 3.28. The average molecular weight is 458 g/mol. The molecular formula is C25H39N5O3. The molecule has 3 N–H and O–H groups in total. The first-order valence-corrected chi connectivity index (χ1v) is 10.8. The lowest BCUT2D eigenvalue weighted by molar-refractivity contribution is -0.126. The van der Waals surface area contributed by atoms with Gasteiger partial charge in [0.05, 0.1) is 25.5 Å². The Balaban J connectivity index is 0.00000113. The van der Waals surface area contributed by atoms with Crippen LogP contribution < -0.4 is 10.6 Å². The van der Waals surface area contributed by atoms with Crippen molar-refractivity contribution in [1.29, 1.82) is 0 Å². The molecule has 0 radical (unpaired) electrons. The van der Waals surface area contributed by atoms with Crippen LogP contribution in [0, 0.1) is 0 Å². The second kappa shape index (κ2) is 18.3. The highest BCUT2D eigenvalue weighted by molar-refractivity contribution is 5.85. The number of imidazole rings is 1. The lowest BCUT2D eigenvalue weighted by Gasteiger charge is -2.04. The SMILES string of the molecule is C.CCC.CNCC(=O)NCCCCc1ncc(-c2ccc3ccncc3c2)[nH]1.COC=O. The summed E-state index contributed by atoms with van der Waals surface area (Å²) in [4.78, 5) is 32.3. The molecule has 2 heterocycles. The van der Waals surface area contributed by atoms with E-state index in [-0.39, 0.29) is 13.3 Å². The van der Waals surface area contributed by atoms with Gasteiger partial charge in [-0.2, -0.15) is 0 Å². The third-order valence-corrected chi connectivity index (χ3v) is 4.18. The standard InChI is InChI=1S/C19H23N5O.C3H8.C2H4O2.CH4/c1-20-13-19(25)22-8-3-2-4-18-23-12-17(24-18)15-6-5-14-7-9-21-11-16(14)10-15;1-3-2;1-4-2-3;/h5-7,9-12,20H,2-4,8,13H2,1H3,(H,22,25)(H,23,24);3H2,1-2H3;2H,1H3;1H4. The van der Waals surface area contributed by atoms with Crippen LogP contribution in [0.2, 0.25) is 0 Å². The van der Waals surface area contributed by atoms with E-state index in [0.29, 0.717) is 19.6 Å². The molecule has 0 aliphatic heterocycles. The summed E-state index contributed by atoms with van der Waals surface area (Å²) in [5, 5.41) is 8.01. The molecule has 0 saturated carbocycles. The Labute approximate surface area is 197 Å². The van der Waals surface area contributed by atoms with Crippen molar-refractivity contribution in [1.82, 2.24) is 25.6 Å². The van der Waals surface area contributed by atoms with Gasteiger partial charge in [-0.25, -0.2) is 4.98 Å². The number of unbranched alkanes of at least 4 members (excludes halogenated alkanes) is 1. The summed E-state index contributed by atoms with van der Waals surface area (Å²) in [6.07, 6.45) is 9.59. The minimum absolute atomic E-state index is 0. The van der Waals surface area contributed by atoms with Crippen LogP contribution in [0.4, 0.5) is 0 Å². The fourth-order valence-electron chi connectivity index (χ4n) is 2.76. The maximum Gasteiger partial charge on any atom is 0.292 e. The number of benzene rings is 1. The second-order valence-electron chi connectivity index (χ2n) is 7.06. The van der Waals surface area contributed by atoms with Crippen molar-refractivity contribution in [3.8, 4) is 11.3 Å². The van der Waals surface area contributed by atoms with Crippen LogP contribution in [-0.4, -0.2) is 54.6 Å². The molecule has 3 aromatic rings. The molecule has 0 fully saturated rings. The van der Waals surface area contributed by atoms with E-state index in [4.69, 9.17) is 4.79 Å². The molecular weight excluding hydrogens is 418 g/mol. The van der Waals surface area contributed by atoms with Crippen LogP contribution in [0.5, 0.6) is 0 Å². The van der Waals surface area contributed by atoms with E-state index in [1.54, 1.807) is 13.2 Å². The summed E-state index contributed by atoms with van der Waals surface area (Å²) >= 11 is 0. The summed E-state index contributed by atoms with van der Waals surface area (Å²) in [6, 6.07) is 8.32. The van der Waals surface area contributed by atoms with Gasteiger partial charge in [0.1, 0.15) is 5.82 Å². The van der Waals surface area contributed by atoms with Gasteiger partial charge in [0.2, 0.25) is 5.91 Å². The monoisotopic (exact) mass is 457 g/mol. The highest BCUT2D eigenvalue weighted by Gasteiger charge is 2.05. The molecule has 0 aliphatic rings. The number of carbonyl (C=O) groups is 2. The number of hydrogen-bond donors (Lipinski definition) is 3. The van der Waals surface area contributed by atoms with E-state index >= 15 is 0 Å². The molecule has 1 amide bonds. The fraction of sp³-hybridized carbons (Fsp3) is 0.440. The van der Waals surface area contributed by atoms with Crippen molar-refractivity contribution < 1.29 is 14.3 Å². The number of pyridine rings is 1. The summed E-state index contributed by atoms with van der Waals surface area (Å²) in [6.45, 7) is 5.69. The number of methoxy groups -OCH3 is 1. The first-order valence-electron chi connectivity index (χ1n) is 10.8. The second-order valence-corrected chi connectivity index (χ2v) is 7.06. The lowest BCUT2D eigenvalue weighted by atomic mass is 10.1. The maximum atomic E-state index is 11.3. The summed E-state index contributed by atoms with van der Waals surface area (Å²) in [5.41, 5.74) is 2.13. The van der Waals surface area contributed by atoms with Gasteiger partial charge in [-0.3, -0.25) is 14.6 Å². The molecule has 8 nitrogen and oxygen atoms in total. The number of aromatic nitrogens is 3. The fourth-order valence-corrected chi connectivity index (χ4v) is 2.76. The van der Waals surface area contributed by atoms with Crippen LogP contribution in [0.25, 0.3) is 22.0 Å². The van der Waals surface area contributed by atoms with Crippen molar-refractivity contribution in [2.75, 3.05) is 27.2 Å². The molecule has 1 aromatic carbocycles. The Morgan fingerprint density at radius 3 is 2.55 bits per heavy atom. The van der Waals surface area contributed by atoms with Crippen molar-refractivity contribution in [2.45, 2.75) is 47.0 Å². The molecule has 0 unspecified atom stereocenters. The van der Waals surface area contributed by atoms with E-state index in [0.717, 1.165) is 41.7 Å². The van der Waals surface area contributed by atoms with Crippen molar-refractivity contribution in [3.63, 3.8) is 0 Å². The number of rotatable bonds is 9. The number of amides is 1. The number of fused-ring (bicyclic) bond motifs is 1. The smallest absolute Gasteiger partial charge is 0.292 e. The van der Waals surface area contributed by atoms with Gasteiger partial charge in [0, 0.05) is 36.3 Å². The molecule has 33 heavy (non-hydrogen) atoms. The normalized spacial score (nSPS) is 9.45. The van der Waals surface area contributed by atoms with E-state index in [2.05, 4.69) is 62.4 Å². The number of carbonyl (C=O) groups excluding carboxylic acids is 2. The molecule has 0 saturated heterocycles. The van der Waals surface area contributed by atoms with E-state index in [1.165, 1.54) is 18.9 Å². The Morgan fingerprint density at radius 2 is 1.88 bits per heavy atom. The number of nitrogens with one attached hydrogen (secondary N) is 3. The number of ether oxygens (including phenoxy) is 1. The number of H-pyrrole nitrogens is 1. The molecule has 0 spiro atoms.